The molecule has 28 heavy (non-hydrogen) atoms. The van der Waals surface area contributed by atoms with Crippen molar-refractivity contribution in [3.05, 3.63) is 70.8 Å². The maximum absolute atomic E-state index is 13.4. The van der Waals surface area contributed by atoms with Crippen molar-refractivity contribution in [3.63, 3.8) is 0 Å². The first-order valence-electron chi connectivity index (χ1n) is 8.93. The van der Waals surface area contributed by atoms with Crippen LogP contribution in [-0.4, -0.2) is 33.8 Å². The second kappa shape index (κ2) is 5.54. The number of amides is 2. The minimum Gasteiger partial charge on any atom is -0.480 e. The fraction of sp³-hybridized carbons (Fsp3) is 0.286. The number of halogens is 2. The Balaban J connectivity index is 1.86. The van der Waals surface area contributed by atoms with Crippen LogP contribution in [0.3, 0.4) is 0 Å². The van der Waals surface area contributed by atoms with E-state index >= 15 is 0 Å². The Morgan fingerprint density at radius 3 is 1.50 bits per heavy atom. The van der Waals surface area contributed by atoms with Crippen LogP contribution < -0.4 is 0 Å². The number of likely N-dealkylation sites (tertiary alicyclic amines) is 1. The minimum absolute atomic E-state index is 0.449. The van der Waals surface area contributed by atoms with Crippen LogP contribution in [0.5, 0.6) is 0 Å². The Morgan fingerprint density at radius 2 is 1.21 bits per heavy atom. The van der Waals surface area contributed by atoms with Gasteiger partial charge in [-0.15, -0.1) is 0 Å². The van der Waals surface area contributed by atoms with Crippen molar-refractivity contribution in [1.82, 2.24) is 4.90 Å². The lowest BCUT2D eigenvalue weighted by Crippen LogP contribution is -2.56. The number of carboxylic acids is 1. The number of carbonyl (C=O) groups is 3. The van der Waals surface area contributed by atoms with Gasteiger partial charge in [0.15, 0.2) is 0 Å². The average Bonchev–Trinajstić information content (AvgIpc) is 2.97. The third-order valence-corrected chi connectivity index (χ3v) is 9.06. The number of carbonyl (C=O) groups excluding carboxylic acids is 2. The van der Waals surface area contributed by atoms with Gasteiger partial charge in [0, 0.05) is 0 Å². The first kappa shape index (κ1) is 18.1. The second-order valence-electron chi connectivity index (χ2n) is 7.53. The quantitative estimate of drug-likeness (QED) is 0.502. The van der Waals surface area contributed by atoms with Crippen molar-refractivity contribution in [2.24, 2.45) is 11.8 Å². The molecule has 2 amide bonds. The standard InChI is InChI=1S/C21H15Br2NO4/c1-10(19(27)28)24-17(25)15-16(18(24)26)21(23)12-7-3-2-6-11(12)20(15,22)13-8-4-5-9-14(13)21/h2-10,15-16H,1H3,(H,27,28)/t10-,15-,16+,20?,21?/m0/s1. The van der Waals surface area contributed by atoms with E-state index in [4.69, 9.17) is 0 Å². The molecule has 0 aromatic heterocycles. The van der Waals surface area contributed by atoms with Crippen LogP contribution in [0.25, 0.3) is 0 Å². The van der Waals surface area contributed by atoms with E-state index in [1.807, 2.05) is 48.5 Å². The van der Waals surface area contributed by atoms with Gasteiger partial charge in [-0.05, 0) is 29.2 Å². The molecule has 0 unspecified atom stereocenters. The lowest BCUT2D eigenvalue weighted by Gasteiger charge is -2.55. The van der Waals surface area contributed by atoms with Crippen LogP contribution >= 0.6 is 31.9 Å². The predicted octanol–water partition coefficient (Wildman–Crippen LogP) is 3.36. The van der Waals surface area contributed by atoms with E-state index < -0.39 is 44.3 Å². The zero-order chi connectivity index (χ0) is 20.0. The summed E-state index contributed by atoms with van der Waals surface area (Å²) in [7, 11) is 0. The number of imide groups is 1. The number of hydrogen-bond donors (Lipinski definition) is 1. The molecule has 1 saturated heterocycles. The van der Waals surface area contributed by atoms with E-state index in [0.29, 0.717) is 0 Å². The highest BCUT2D eigenvalue weighted by molar-refractivity contribution is 9.10. The van der Waals surface area contributed by atoms with Crippen molar-refractivity contribution >= 4 is 49.6 Å². The smallest absolute Gasteiger partial charge is 0.326 e. The fourth-order valence-corrected chi connectivity index (χ4v) is 7.48. The number of alkyl halides is 2. The molecule has 1 aliphatic heterocycles. The van der Waals surface area contributed by atoms with E-state index in [1.54, 1.807) is 0 Å². The van der Waals surface area contributed by atoms with Crippen molar-refractivity contribution in [2.75, 3.05) is 0 Å². The molecule has 7 heteroatoms. The van der Waals surface area contributed by atoms with Crippen LogP contribution in [0.1, 0.15) is 29.2 Å². The number of aliphatic carboxylic acids is 1. The topological polar surface area (TPSA) is 74.7 Å². The summed E-state index contributed by atoms with van der Waals surface area (Å²) in [5.74, 6) is -3.56. The lowest BCUT2D eigenvalue weighted by molar-refractivity contribution is -0.154. The molecule has 1 fully saturated rings. The van der Waals surface area contributed by atoms with E-state index in [1.165, 1.54) is 6.92 Å². The number of hydrogen-bond acceptors (Lipinski definition) is 3. The number of carboxylic acid groups (broad SMARTS) is 1. The molecule has 6 rings (SSSR count). The fourth-order valence-electron chi connectivity index (χ4n) is 5.18. The van der Waals surface area contributed by atoms with Gasteiger partial charge in [-0.3, -0.25) is 14.5 Å². The third kappa shape index (κ3) is 1.80. The van der Waals surface area contributed by atoms with Gasteiger partial charge in [-0.2, -0.15) is 0 Å². The van der Waals surface area contributed by atoms with E-state index in [2.05, 4.69) is 31.9 Å². The summed E-state index contributed by atoms with van der Waals surface area (Å²) >= 11 is 7.75. The van der Waals surface area contributed by atoms with Gasteiger partial charge in [0.1, 0.15) is 6.04 Å². The lowest BCUT2D eigenvalue weighted by atomic mass is 9.54. The number of rotatable bonds is 2. The SMILES string of the molecule is C[C@@H](C(=O)O)N1C(=O)[C@@H]2[C@H](C1=O)C1(Br)c3ccccc3C2(Br)c2ccccc21. The Bertz CT molecular complexity index is 960. The van der Waals surface area contributed by atoms with Crippen molar-refractivity contribution in [1.29, 1.82) is 0 Å². The third-order valence-electron chi connectivity index (χ3n) is 6.36. The predicted molar refractivity (Wildman–Crippen MR) is 108 cm³/mol. The van der Waals surface area contributed by atoms with Crippen molar-refractivity contribution in [3.8, 4) is 0 Å². The molecule has 2 aromatic carbocycles. The largest absolute Gasteiger partial charge is 0.480 e. The zero-order valence-electron chi connectivity index (χ0n) is 14.7. The molecule has 4 aliphatic rings. The molecule has 3 atom stereocenters. The van der Waals surface area contributed by atoms with Crippen LogP contribution in [0, 0.1) is 11.8 Å². The van der Waals surface area contributed by atoms with Gasteiger partial charge in [0.05, 0.1) is 20.5 Å². The molecular weight excluding hydrogens is 490 g/mol. The van der Waals surface area contributed by atoms with E-state index in [9.17, 15) is 19.5 Å². The molecule has 0 saturated carbocycles. The summed E-state index contributed by atoms with van der Waals surface area (Å²) in [6.07, 6.45) is 0. The van der Waals surface area contributed by atoms with Gasteiger partial charge in [0.2, 0.25) is 11.8 Å². The molecular formula is C21H15Br2NO4. The van der Waals surface area contributed by atoms with Crippen LogP contribution in [0.4, 0.5) is 0 Å². The highest BCUT2D eigenvalue weighted by Crippen LogP contribution is 2.70. The average molecular weight is 505 g/mol. The van der Waals surface area contributed by atoms with Gasteiger partial charge >= 0.3 is 5.97 Å². The van der Waals surface area contributed by atoms with Crippen molar-refractivity contribution < 1.29 is 19.5 Å². The molecule has 1 N–H and O–H groups in total. The summed E-state index contributed by atoms with van der Waals surface area (Å²) < 4.78 is -1.78. The van der Waals surface area contributed by atoms with Crippen molar-refractivity contribution in [2.45, 2.75) is 21.6 Å². The highest BCUT2D eigenvalue weighted by Gasteiger charge is 2.73. The normalized spacial score (nSPS) is 33.3. The molecule has 5 nitrogen and oxygen atoms in total. The van der Waals surface area contributed by atoms with Gasteiger partial charge in [-0.1, -0.05) is 80.4 Å². The summed E-state index contributed by atoms with van der Waals surface area (Å²) in [6, 6.07) is 14.3. The summed E-state index contributed by atoms with van der Waals surface area (Å²) in [5, 5.41) is 9.46. The van der Waals surface area contributed by atoms with E-state index in [-0.39, 0.29) is 0 Å². The Morgan fingerprint density at radius 1 is 0.893 bits per heavy atom. The Hall–Kier alpha value is -1.99. The van der Waals surface area contributed by atoms with E-state index in [0.717, 1.165) is 27.2 Å². The molecule has 2 aromatic rings. The molecule has 0 spiro atoms. The maximum atomic E-state index is 13.4. The second-order valence-corrected chi connectivity index (χ2v) is 10.0. The maximum Gasteiger partial charge on any atom is 0.326 e. The first-order chi connectivity index (χ1) is 13.3. The Labute approximate surface area is 178 Å². The molecule has 1 heterocycles. The Kier molecular flexibility index (Phi) is 3.57. The van der Waals surface area contributed by atoms with Crippen LogP contribution in [0.2, 0.25) is 0 Å². The number of nitrogens with zero attached hydrogens (tertiary/aromatic N) is 1. The van der Waals surface area contributed by atoms with Gasteiger partial charge < -0.3 is 5.11 Å². The van der Waals surface area contributed by atoms with Gasteiger partial charge in [0.25, 0.3) is 0 Å². The monoisotopic (exact) mass is 503 g/mol. The van der Waals surface area contributed by atoms with Crippen LogP contribution in [0.15, 0.2) is 48.5 Å². The van der Waals surface area contributed by atoms with Gasteiger partial charge in [-0.25, -0.2) is 4.79 Å². The molecule has 142 valence electrons. The first-order valence-corrected chi connectivity index (χ1v) is 10.5. The number of benzene rings is 2. The summed E-state index contributed by atoms with van der Waals surface area (Å²) in [6.45, 7) is 1.37. The van der Waals surface area contributed by atoms with Crippen LogP contribution in [-0.2, 0) is 23.0 Å². The molecule has 2 bridgehead atoms. The molecule has 3 aliphatic carbocycles. The highest BCUT2D eigenvalue weighted by atomic mass is 79.9. The zero-order valence-corrected chi connectivity index (χ0v) is 17.9. The molecule has 0 radical (unpaired) electrons. The summed E-state index contributed by atoms with van der Waals surface area (Å²) in [4.78, 5) is 39.4. The minimum atomic E-state index is -1.22. The summed E-state index contributed by atoms with van der Waals surface area (Å²) in [5.41, 5.74) is 3.71.